The molecule has 2 atom stereocenters. The minimum atomic E-state index is 0.732. The lowest BCUT2D eigenvalue weighted by molar-refractivity contribution is 0.261. The lowest BCUT2D eigenvalue weighted by Crippen LogP contribution is -2.28. The maximum Gasteiger partial charge on any atom is 0.00155 e. The van der Waals surface area contributed by atoms with Crippen LogP contribution in [0.25, 0.3) is 0 Å². The van der Waals surface area contributed by atoms with Crippen molar-refractivity contribution < 1.29 is 0 Å². The summed E-state index contributed by atoms with van der Waals surface area (Å²) in [6.07, 6.45) is 3.89. The van der Waals surface area contributed by atoms with E-state index in [0.717, 1.165) is 11.8 Å². The fraction of sp³-hybridized carbons (Fsp3) is 0.625. The second kappa shape index (κ2) is 5.68. The highest BCUT2D eigenvalue weighted by Crippen LogP contribution is 2.37. The van der Waals surface area contributed by atoms with E-state index in [9.17, 15) is 0 Å². The summed E-state index contributed by atoms with van der Waals surface area (Å²) in [6, 6.07) is 8.97. The second-order valence-corrected chi connectivity index (χ2v) is 5.57. The Morgan fingerprint density at radius 3 is 2.76 bits per heavy atom. The van der Waals surface area contributed by atoms with Gasteiger partial charge < -0.3 is 4.90 Å². The van der Waals surface area contributed by atoms with Gasteiger partial charge in [-0.1, -0.05) is 44.5 Å². The van der Waals surface area contributed by atoms with Gasteiger partial charge in [0, 0.05) is 6.54 Å². The third kappa shape index (κ3) is 2.90. The predicted octanol–water partition coefficient (Wildman–Crippen LogP) is 3.69. The topological polar surface area (TPSA) is 3.24 Å². The average Bonchev–Trinajstić information content (AvgIpc) is 2.64. The first-order chi connectivity index (χ1) is 8.22. The van der Waals surface area contributed by atoms with E-state index < -0.39 is 0 Å². The van der Waals surface area contributed by atoms with Gasteiger partial charge in [-0.25, -0.2) is 0 Å². The van der Waals surface area contributed by atoms with E-state index in [1.807, 2.05) is 0 Å². The number of hydrogen-bond acceptors (Lipinski definition) is 1. The van der Waals surface area contributed by atoms with Gasteiger partial charge in [0.05, 0.1) is 0 Å². The first kappa shape index (κ1) is 12.6. The summed E-state index contributed by atoms with van der Waals surface area (Å²) in [6.45, 7) is 7.15. The highest BCUT2D eigenvalue weighted by Gasteiger charge is 2.29. The molecule has 1 aliphatic rings. The van der Waals surface area contributed by atoms with Crippen LogP contribution in [-0.4, -0.2) is 25.0 Å². The molecule has 0 fully saturated rings. The van der Waals surface area contributed by atoms with Crippen molar-refractivity contribution in [3.8, 4) is 0 Å². The van der Waals surface area contributed by atoms with Gasteiger partial charge in [-0.2, -0.15) is 0 Å². The molecule has 1 aromatic carbocycles. The Hall–Kier alpha value is -0.820. The molecule has 17 heavy (non-hydrogen) atoms. The molecule has 94 valence electrons. The van der Waals surface area contributed by atoms with Crippen LogP contribution in [0.15, 0.2) is 24.3 Å². The molecule has 0 saturated heterocycles. The summed E-state index contributed by atoms with van der Waals surface area (Å²) in [7, 11) is 2.27. The fourth-order valence-electron chi connectivity index (χ4n) is 3.02. The third-order valence-corrected chi connectivity index (χ3v) is 4.17. The predicted molar refractivity (Wildman–Crippen MR) is 74.5 cm³/mol. The monoisotopic (exact) mass is 231 g/mol. The largest absolute Gasteiger partial charge is 0.306 e. The summed E-state index contributed by atoms with van der Waals surface area (Å²) < 4.78 is 0. The number of hydrogen-bond donors (Lipinski definition) is 0. The molecule has 1 heteroatoms. The van der Waals surface area contributed by atoms with Crippen LogP contribution in [0.5, 0.6) is 0 Å². The molecule has 0 saturated carbocycles. The van der Waals surface area contributed by atoms with Gasteiger partial charge >= 0.3 is 0 Å². The highest BCUT2D eigenvalue weighted by molar-refractivity contribution is 5.35. The van der Waals surface area contributed by atoms with Gasteiger partial charge in [0.25, 0.3) is 0 Å². The minimum Gasteiger partial charge on any atom is -0.306 e. The van der Waals surface area contributed by atoms with E-state index >= 15 is 0 Å². The van der Waals surface area contributed by atoms with Crippen molar-refractivity contribution in [3.63, 3.8) is 0 Å². The molecule has 0 unspecified atom stereocenters. The van der Waals surface area contributed by atoms with Crippen molar-refractivity contribution in [2.45, 2.75) is 39.0 Å². The summed E-state index contributed by atoms with van der Waals surface area (Å²) in [5, 5.41) is 0. The fourth-order valence-corrected chi connectivity index (χ4v) is 3.02. The summed E-state index contributed by atoms with van der Waals surface area (Å²) in [4.78, 5) is 2.51. The van der Waals surface area contributed by atoms with Crippen LogP contribution in [0.2, 0.25) is 0 Å². The maximum atomic E-state index is 2.51. The zero-order chi connectivity index (χ0) is 12.3. The lowest BCUT2D eigenvalue weighted by Gasteiger charge is -2.23. The van der Waals surface area contributed by atoms with Gasteiger partial charge in [-0.15, -0.1) is 0 Å². The van der Waals surface area contributed by atoms with Crippen LogP contribution >= 0.6 is 0 Å². The van der Waals surface area contributed by atoms with Gasteiger partial charge in [0.15, 0.2) is 0 Å². The van der Waals surface area contributed by atoms with Gasteiger partial charge in [-0.3, -0.25) is 0 Å². The molecule has 0 amide bonds. The lowest BCUT2D eigenvalue weighted by atomic mass is 9.94. The zero-order valence-electron chi connectivity index (χ0n) is 11.4. The Morgan fingerprint density at radius 2 is 2.06 bits per heavy atom. The highest BCUT2D eigenvalue weighted by atomic mass is 15.1. The summed E-state index contributed by atoms with van der Waals surface area (Å²) in [5.41, 5.74) is 3.16. The van der Waals surface area contributed by atoms with E-state index in [-0.39, 0.29) is 0 Å². The molecule has 0 aliphatic heterocycles. The van der Waals surface area contributed by atoms with E-state index in [1.165, 1.54) is 32.4 Å². The minimum absolute atomic E-state index is 0.732. The number of rotatable bonds is 5. The van der Waals surface area contributed by atoms with Crippen LogP contribution in [0.3, 0.4) is 0 Å². The van der Waals surface area contributed by atoms with Crippen LogP contribution in [0.1, 0.15) is 43.7 Å². The van der Waals surface area contributed by atoms with Gasteiger partial charge in [0.2, 0.25) is 0 Å². The molecule has 1 aromatic rings. The van der Waals surface area contributed by atoms with Crippen LogP contribution in [-0.2, 0) is 6.42 Å². The first-order valence-corrected chi connectivity index (χ1v) is 6.98. The molecule has 0 heterocycles. The number of nitrogens with zero attached hydrogens (tertiary/aromatic N) is 1. The smallest absolute Gasteiger partial charge is 0.00155 e. The summed E-state index contributed by atoms with van der Waals surface area (Å²) in [5.74, 6) is 1.55. The van der Waals surface area contributed by atoms with E-state index in [1.54, 1.807) is 11.1 Å². The maximum absolute atomic E-state index is 2.51. The van der Waals surface area contributed by atoms with Crippen LogP contribution in [0, 0.1) is 5.92 Å². The quantitative estimate of drug-likeness (QED) is 0.747. The van der Waals surface area contributed by atoms with Crippen molar-refractivity contribution in [2.24, 2.45) is 5.92 Å². The number of unbranched alkanes of at least 4 members (excludes halogenated alkanes) is 1. The van der Waals surface area contributed by atoms with Gasteiger partial charge in [-0.05, 0) is 49.4 Å². The number of fused-ring (bicyclic) bond motifs is 1. The van der Waals surface area contributed by atoms with Crippen molar-refractivity contribution >= 4 is 0 Å². The second-order valence-electron chi connectivity index (χ2n) is 5.57. The summed E-state index contributed by atoms with van der Waals surface area (Å²) >= 11 is 0. The molecular formula is C16H25N. The Kier molecular flexibility index (Phi) is 4.22. The number of benzene rings is 1. The molecule has 0 N–H and O–H groups in total. The molecule has 0 spiro atoms. The van der Waals surface area contributed by atoms with Crippen molar-refractivity contribution in [3.05, 3.63) is 35.4 Å². The van der Waals surface area contributed by atoms with Crippen LogP contribution in [0.4, 0.5) is 0 Å². The van der Waals surface area contributed by atoms with Crippen molar-refractivity contribution in [1.82, 2.24) is 4.90 Å². The third-order valence-electron chi connectivity index (χ3n) is 4.17. The van der Waals surface area contributed by atoms with Gasteiger partial charge in [0.1, 0.15) is 0 Å². The molecular weight excluding hydrogens is 206 g/mol. The Morgan fingerprint density at radius 1 is 1.29 bits per heavy atom. The first-order valence-electron chi connectivity index (χ1n) is 6.98. The van der Waals surface area contributed by atoms with Crippen LogP contribution < -0.4 is 0 Å². The zero-order valence-corrected chi connectivity index (χ0v) is 11.4. The molecule has 1 nitrogen and oxygen atoms in total. The SMILES string of the molecule is CCCCN(C)C[C@H]1Cc2ccccc2[C@@H]1C. The standard InChI is InChI=1S/C16H25N/c1-4-5-10-17(3)12-15-11-14-8-6-7-9-16(14)13(15)2/h6-9,13,15H,4-5,10-12H2,1-3H3/t13-,15-/m1/s1. The Bertz CT molecular complexity index is 358. The van der Waals surface area contributed by atoms with E-state index in [2.05, 4.69) is 50.1 Å². The Labute approximate surface area is 106 Å². The molecule has 1 aliphatic carbocycles. The average molecular weight is 231 g/mol. The van der Waals surface area contributed by atoms with Crippen molar-refractivity contribution in [2.75, 3.05) is 20.1 Å². The molecule has 2 rings (SSSR count). The van der Waals surface area contributed by atoms with Crippen molar-refractivity contribution in [1.29, 1.82) is 0 Å². The molecule has 0 bridgehead atoms. The normalized spacial score (nSPS) is 23.1. The van der Waals surface area contributed by atoms with E-state index in [0.29, 0.717) is 0 Å². The molecule has 0 aromatic heterocycles. The van der Waals surface area contributed by atoms with E-state index in [4.69, 9.17) is 0 Å². The molecule has 0 radical (unpaired) electrons. The Balaban J connectivity index is 1.93.